The lowest BCUT2D eigenvalue weighted by atomic mass is 9.94. The summed E-state index contributed by atoms with van der Waals surface area (Å²) in [4.78, 5) is 19.7. The summed E-state index contributed by atoms with van der Waals surface area (Å²) in [5.74, 6) is 2.22. The number of methoxy groups -OCH3 is 2. The number of aromatic nitrogens is 2. The second-order valence-corrected chi connectivity index (χ2v) is 8.38. The molecule has 1 N–H and O–H groups in total. The molecule has 1 aliphatic heterocycles. The Hall–Kier alpha value is -4.59. The van der Waals surface area contributed by atoms with Gasteiger partial charge in [0.05, 0.1) is 32.4 Å². The lowest BCUT2D eigenvalue weighted by Crippen LogP contribution is -2.45. The van der Waals surface area contributed by atoms with Crippen LogP contribution in [0.15, 0.2) is 89.1 Å². The Bertz CT molecular complexity index is 1400. The van der Waals surface area contributed by atoms with Crippen LogP contribution in [0.5, 0.6) is 11.5 Å². The molecular weight excluding hydrogens is 456 g/mol. The third-order valence-corrected chi connectivity index (χ3v) is 6.21. The van der Waals surface area contributed by atoms with Crippen molar-refractivity contribution < 1.29 is 18.8 Å². The Morgan fingerprint density at radius 1 is 0.944 bits per heavy atom. The Balaban J connectivity index is 1.59. The highest BCUT2D eigenvalue weighted by atomic mass is 16.5. The molecule has 2 amide bonds. The van der Waals surface area contributed by atoms with Crippen LogP contribution >= 0.6 is 0 Å². The zero-order chi connectivity index (χ0) is 25.1. The van der Waals surface area contributed by atoms with E-state index in [0.717, 1.165) is 33.7 Å². The van der Waals surface area contributed by atoms with Crippen LogP contribution in [-0.4, -0.2) is 35.3 Å². The number of urea groups is 1. The van der Waals surface area contributed by atoms with Crippen molar-refractivity contribution >= 4 is 11.6 Å². The maximum atomic E-state index is 13.3. The van der Waals surface area contributed by atoms with E-state index in [1.165, 1.54) is 0 Å². The van der Waals surface area contributed by atoms with Crippen molar-refractivity contribution in [3.8, 4) is 22.9 Å². The molecule has 2 heterocycles. The zero-order valence-corrected chi connectivity index (χ0v) is 20.3. The normalized spacial score (nSPS) is 15.6. The third-order valence-electron chi connectivity index (χ3n) is 6.21. The smallest absolute Gasteiger partial charge is 0.322 e. The van der Waals surface area contributed by atoms with Crippen molar-refractivity contribution in [3.05, 3.63) is 102 Å². The van der Waals surface area contributed by atoms with E-state index in [-0.39, 0.29) is 6.03 Å². The quantitative estimate of drug-likeness (QED) is 0.377. The van der Waals surface area contributed by atoms with Crippen LogP contribution in [0.4, 0.5) is 4.79 Å². The molecular formula is C28H26N4O4. The van der Waals surface area contributed by atoms with Gasteiger partial charge in [0.15, 0.2) is 0 Å². The molecule has 4 aromatic rings. The van der Waals surface area contributed by atoms with Gasteiger partial charge in [0.2, 0.25) is 5.82 Å². The number of carbonyl (C=O) groups is 1. The lowest BCUT2D eigenvalue weighted by molar-refractivity contribution is 0.203. The van der Waals surface area contributed by atoms with E-state index in [9.17, 15) is 4.79 Å². The third kappa shape index (κ3) is 4.53. The number of hydrogen-bond acceptors (Lipinski definition) is 6. The molecule has 8 heteroatoms. The Morgan fingerprint density at radius 2 is 1.69 bits per heavy atom. The molecule has 0 spiro atoms. The van der Waals surface area contributed by atoms with Crippen molar-refractivity contribution in [1.82, 2.24) is 20.4 Å². The van der Waals surface area contributed by atoms with E-state index in [1.807, 2.05) is 85.8 Å². The molecule has 3 aromatic carbocycles. The molecule has 0 aliphatic carbocycles. The first-order chi connectivity index (χ1) is 17.6. The lowest BCUT2D eigenvalue weighted by Gasteiger charge is -2.35. The number of ether oxygens (including phenoxy) is 2. The predicted molar refractivity (Wildman–Crippen MR) is 135 cm³/mol. The maximum Gasteiger partial charge on any atom is 0.322 e. The van der Waals surface area contributed by atoms with E-state index in [2.05, 4.69) is 10.5 Å². The highest BCUT2D eigenvalue weighted by molar-refractivity contribution is 5.87. The molecule has 1 atom stereocenters. The molecule has 0 bridgehead atoms. The highest BCUT2D eigenvalue weighted by Crippen LogP contribution is 2.38. The van der Waals surface area contributed by atoms with Gasteiger partial charge in [0, 0.05) is 11.3 Å². The summed E-state index contributed by atoms with van der Waals surface area (Å²) in [6.07, 6.45) is 0. The van der Waals surface area contributed by atoms with Gasteiger partial charge in [-0.2, -0.15) is 4.98 Å². The molecule has 0 fully saturated rings. The van der Waals surface area contributed by atoms with E-state index in [4.69, 9.17) is 19.0 Å². The van der Waals surface area contributed by atoms with Gasteiger partial charge < -0.3 is 19.3 Å². The van der Waals surface area contributed by atoms with Crippen molar-refractivity contribution in [2.24, 2.45) is 0 Å². The number of amides is 2. The molecule has 1 aromatic heterocycles. The van der Waals surface area contributed by atoms with Gasteiger partial charge in [0.25, 0.3) is 5.89 Å². The molecule has 0 saturated carbocycles. The minimum atomic E-state index is -0.496. The summed E-state index contributed by atoms with van der Waals surface area (Å²) in [6.45, 7) is 2.31. The van der Waals surface area contributed by atoms with Crippen LogP contribution in [0, 0.1) is 0 Å². The van der Waals surface area contributed by atoms with Crippen LogP contribution in [0.3, 0.4) is 0 Å². The van der Waals surface area contributed by atoms with Crippen molar-refractivity contribution in [2.75, 3.05) is 14.2 Å². The molecule has 0 saturated heterocycles. The fraction of sp³-hybridized carbons (Fsp3) is 0.179. The predicted octanol–water partition coefficient (Wildman–Crippen LogP) is 5.45. The second kappa shape index (κ2) is 9.95. The van der Waals surface area contributed by atoms with Crippen molar-refractivity contribution in [2.45, 2.75) is 19.5 Å². The number of rotatable bonds is 7. The molecule has 36 heavy (non-hydrogen) atoms. The number of allylic oxidation sites excluding steroid dienone is 1. The average molecular weight is 483 g/mol. The fourth-order valence-electron chi connectivity index (χ4n) is 4.28. The van der Waals surface area contributed by atoms with Crippen LogP contribution in [0.2, 0.25) is 0 Å². The first kappa shape index (κ1) is 23.2. The number of benzene rings is 3. The standard InChI is InChI=1S/C28H26N4O4/c1-18-24(27-30-26(31-36-27)20-12-14-22(34-2)15-13-20)25(21-10-7-11-23(16-21)35-3)29-28(33)32(18)17-19-8-5-4-6-9-19/h4-16,25H,17H2,1-3H3,(H,29,33). The Kier molecular flexibility index (Phi) is 6.40. The second-order valence-electron chi connectivity index (χ2n) is 8.38. The topological polar surface area (TPSA) is 89.7 Å². The van der Waals surface area contributed by atoms with Crippen LogP contribution < -0.4 is 14.8 Å². The molecule has 1 aliphatic rings. The van der Waals surface area contributed by atoms with E-state index >= 15 is 0 Å². The van der Waals surface area contributed by atoms with Gasteiger partial charge in [-0.05, 0) is 54.4 Å². The Labute approximate surface area is 209 Å². The van der Waals surface area contributed by atoms with Crippen LogP contribution in [0.25, 0.3) is 17.0 Å². The first-order valence-corrected chi connectivity index (χ1v) is 11.5. The summed E-state index contributed by atoms with van der Waals surface area (Å²) in [5, 5.41) is 7.35. The minimum Gasteiger partial charge on any atom is -0.497 e. The minimum absolute atomic E-state index is 0.206. The number of carbonyl (C=O) groups excluding carboxylic acids is 1. The summed E-state index contributed by atoms with van der Waals surface area (Å²) >= 11 is 0. The van der Waals surface area contributed by atoms with Crippen molar-refractivity contribution in [3.63, 3.8) is 0 Å². The first-order valence-electron chi connectivity index (χ1n) is 11.5. The summed E-state index contributed by atoms with van der Waals surface area (Å²) in [6, 6.07) is 24.2. The fourth-order valence-corrected chi connectivity index (χ4v) is 4.28. The largest absolute Gasteiger partial charge is 0.497 e. The van der Waals surface area contributed by atoms with Gasteiger partial charge in [-0.15, -0.1) is 0 Å². The molecule has 5 rings (SSSR count). The van der Waals surface area contributed by atoms with Gasteiger partial charge >= 0.3 is 6.03 Å². The summed E-state index contributed by atoms with van der Waals surface area (Å²) in [7, 11) is 3.23. The highest BCUT2D eigenvalue weighted by Gasteiger charge is 2.36. The van der Waals surface area contributed by atoms with Gasteiger partial charge in [-0.1, -0.05) is 47.6 Å². The molecule has 0 radical (unpaired) electrons. The van der Waals surface area contributed by atoms with E-state index < -0.39 is 6.04 Å². The molecule has 182 valence electrons. The van der Waals surface area contributed by atoms with E-state index in [0.29, 0.717) is 24.0 Å². The zero-order valence-electron chi connectivity index (χ0n) is 20.3. The summed E-state index contributed by atoms with van der Waals surface area (Å²) < 4.78 is 16.4. The van der Waals surface area contributed by atoms with Gasteiger partial charge in [-0.3, -0.25) is 4.90 Å². The SMILES string of the molecule is COc1ccc(-c2noc(C3=C(C)N(Cc4ccccc4)C(=O)NC3c3cccc(OC)c3)n2)cc1. The van der Waals surface area contributed by atoms with Gasteiger partial charge in [0.1, 0.15) is 11.5 Å². The number of nitrogens with zero attached hydrogens (tertiary/aromatic N) is 3. The number of hydrogen-bond donors (Lipinski definition) is 1. The Morgan fingerprint density at radius 3 is 2.42 bits per heavy atom. The maximum absolute atomic E-state index is 13.3. The monoisotopic (exact) mass is 482 g/mol. The van der Waals surface area contributed by atoms with Gasteiger partial charge in [-0.25, -0.2) is 4.79 Å². The van der Waals surface area contributed by atoms with E-state index in [1.54, 1.807) is 19.1 Å². The van der Waals surface area contributed by atoms with Crippen LogP contribution in [0.1, 0.15) is 30.0 Å². The van der Waals surface area contributed by atoms with Crippen molar-refractivity contribution in [1.29, 1.82) is 0 Å². The molecule has 8 nitrogen and oxygen atoms in total. The molecule has 1 unspecified atom stereocenters. The van der Waals surface area contributed by atoms with Crippen LogP contribution in [-0.2, 0) is 6.54 Å². The number of nitrogens with one attached hydrogen (secondary N) is 1. The average Bonchev–Trinajstić information content (AvgIpc) is 3.41. The summed E-state index contributed by atoms with van der Waals surface area (Å²) in [5.41, 5.74) is 4.12.